The first-order chi connectivity index (χ1) is 9.38. The zero-order valence-corrected chi connectivity index (χ0v) is 11.3. The highest BCUT2D eigenvalue weighted by Gasteiger charge is 2.10. The minimum Gasteiger partial charge on any atom is -0.467 e. The van der Waals surface area contributed by atoms with Gasteiger partial charge in [-0.15, -0.1) is 11.3 Å². The van der Waals surface area contributed by atoms with Crippen molar-refractivity contribution in [2.45, 2.75) is 19.8 Å². The summed E-state index contributed by atoms with van der Waals surface area (Å²) in [4.78, 5) is 1.20. The van der Waals surface area contributed by atoms with Crippen molar-refractivity contribution in [3.63, 3.8) is 0 Å². The van der Waals surface area contributed by atoms with Gasteiger partial charge in [0, 0.05) is 21.7 Å². The third-order valence-corrected chi connectivity index (χ3v) is 4.27. The maximum Gasteiger partial charge on any atom is 0.129 e. The maximum absolute atomic E-state index is 5.82. The molecule has 2 N–H and O–H groups in total. The van der Waals surface area contributed by atoms with Crippen molar-refractivity contribution in [1.82, 2.24) is 0 Å². The first-order valence-electron chi connectivity index (χ1n) is 6.18. The van der Waals surface area contributed by atoms with Gasteiger partial charge in [-0.1, -0.05) is 18.2 Å². The number of rotatable bonds is 5. The number of hydrogen-bond donors (Lipinski definition) is 1. The molecule has 1 aromatic carbocycles. The summed E-state index contributed by atoms with van der Waals surface area (Å²) in [5.74, 6) is 0.842. The molecule has 3 nitrogen and oxygen atoms in total. The van der Waals surface area contributed by atoms with Gasteiger partial charge < -0.3 is 14.9 Å². The Morgan fingerprint density at radius 3 is 2.79 bits per heavy atom. The van der Waals surface area contributed by atoms with Crippen molar-refractivity contribution in [3.05, 3.63) is 58.9 Å². The molecule has 0 aliphatic carbocycles. The van der Waals surface area contributed by atoms with E-state index in [9.17, 15) is 0 Å². The summed E-state index contributed by atoms with van der Waals surface area (Å²) in [7, 11) is 0. The number of ether oxygens (including phenoxy) is 1. The second-order valence-corrected chi connectivity index (χ2v) is 5.41. The van der Waals surface area contributed by atoms with E-state index >= 15 is 0 Å². The van der Waals surface area contributed by atoms with Gasteiger partial charge in [0.05, 0.1) is 12.9 Å². The van der Waals surface area contributed by atoms with Gasteiger partial charge in [0.2, 0.25) is 0 Å². The van der Waals surface area contributed by atoms with Crippen LogP contribution >= 0.6 is 11.3 Å². The fourth-order valence-corrected chi connectivity index (χ4v) is 3.21. The van der Waals surface area contributed by atoms with Crippen LogP contribution in [0.5, 0.6) is 0 Å². The van der Waals surface area contributed by atoms with Crippen molar-refractivity contribution in [1.29, 1.82) is 0 Å². The Kier molecular flexibility index (Phi) is 3.64. The first kappa shape index (κ1) is 12.4. The number of fused-ring (bicyclic) bond motifs is 1. The fraction of sp³-hybridized carbons (Fsp3) is 0.200. The van der Waals surface area contributed by atoms with E-state index in [-0.39, 0.29) is 0 Å². The average Bonchev–Trinajstić information content (AvgIpc) is 3.06. The summed E-state index contributed by atoms with van der Waals surface area (Å²) < 4.78 is 12.2. The average molecular weight is 273 g/mol. The Hall–Kier alpha value is -1.62. The van der Waals surface area contributed by atoms with E-state index in [4.69, 9.17) is 14.9 Å². The van der Waals surface area contributed by atoms with E-state index in [1.54, 1.807) is 17.6 Å². The van der Waals surface area contributed by atoms with Crippen molar-refractivity contribution < 1.29 is 9.15 Å². The van der Waals surface area contributed by atoms with E-state index in [0.717, 1.165) is 5.76 Å². The second-order valence-electron chi connectivity index (χ2n) is 4.28. The monoisotopic (exact) mass is 273 g/mol. The quantitative estimate of drug-likeness (QED) is 0.771. The fourth-order valence-electron chi connectivity index (χ4n) is 2.12. The molecule has 2 heterocycles. The van der Waals surface area contributed by atoms with Gasteiger partial charge in [-0.25, -0.2) is 0 Å². The van der Waals surface area contributed by atoms with Gasteiger partial charge in [-0.05, 0) is 23.6 Å². The molecule has 0 spiro atoms. The molecule has 3 aromatic rings. The van der Waals surface area contributed by atoms with Crippen LogP contribution in [0.3, 0.4) is 0 Å². The molecule has 4 heteroatoms. The molecule has 0 saturated heterocycles. The molecule has 98 valence electrons. The lowest BCUT2D eigenvalue weighted by Gasteiger charge is -2.04. The lowest BCUT2D eigenvalue weighted by atomic mass is 10.1. The van der Waals surface area contributed by atoms with Crippen molar-refractivity contribution in [2.75, 3.05) is 0 Å². The van der Waals surface area contributed by atoms with Crippen LogP contribution in [0.25, 0.3) is 10.1 Å². The number of nitrogens with two attached hydrogens (primary N) is 1. The second kappa shape index (κ2) is 5.57. The highest BCUT2D eigenvalue weighted by atomic mass is 32.1. The minimum atomic E-state index is 0.487. The van der Waals surface area contributed by atoms with Crippen molar-refractivity contribution >= 4 is 21.4 Å². The molecule has 0 amide bonds. The van der Waals surface area contributed by atoms with Gasteiger partial charge in [0.15, 0.2) is 0 Å². The third kappa shape index (κ3) is 2.56. The molecule has 0 bridgehead atoms. The van der Waals surface area contributed by atoms with Gasteiger partial charge >= 0.3 is 0 Å². The number of furan rings is 1. The largest absolute Gasteiger partial charge is 0.467 e. The smallest absolute Gasteiger partial charge is 0.129 e. The molecule has 0 aliphatic heterocycles. The molecular weight excluding hydrogens is 258 g/mol. The van der Waals surface area contributed by atoms with Crippen molar-refractivity contribution in [2.24, 2.45) is 5.73 Å². The maximum atomic E-state index is 5.82. The number of hydrogen-bond acceptors (Lipinski definition) is 4. The Morgan fingerprint density at radius 2 is 2.00 bits per heavy atom. The summed E-state index contributed by atoms with van der Waals surface area (Å²) in [6.07, 6.45) is 1.66. The molecule has 0 atom stereocenters. The Bertz CT molecular complexity index is 658. The number of benzene rings is 1. The van der Waals surface area contributed by atoms with Gasteiger partial charge in [0.25, 0.3) is 0 Å². The van der Waals surface area contributed by atoms with E-state index in [2.05, 4.69) is 12.1 Å². The predicted octanol–water partition coefficient (Wildman–Crippen LogP) is 3.67. The molecule has 0 saturated carbocycles. The normalized spacial score (nSPS) is 11.2. The van der Waals surface area contributed by atoms with Gasteiger partial charge in [0.1, 0.15) is 12.4 Å². The molecule has 19 heavy (non-hydrogen) atoms. The zero-order valence-electron chi connectivity index (χ0n) is 10.5. The molecule has 3 rings (SSSR count). The summed E-state index contributed by atoms with van der Waals surface area (Å²) in [5.41, 5.74) is 7.02. The molecule has 2 aromatic heterocycles. The van der Waals surface area contributed by atoms with Crippen LogP contribution in [-0.2, 0) is 24.5 Å². The Balaban J connectivity index is 1.79. The van der Waals surface area contributed by atoms with Crippen molar-refractivity contribution in [3.8, 4) is 0 Å². The highest BCUT2D eigenvalue weighted by Crippen LogP contribution is 2.31. The zero-order chi connectivity index (χ0) is 13.1. The molecule has 0 unspecified atom stereocenters. The highest BCUT2D eigenvalue weighted by molar-refractivity contribution is 7.19. The van der Waals surface area contributed by atoms with Crippen LogP contribution in [-0.4, -0.2) is 0 Å². The lowest BCUT2D eigenvalue weighted by Crippen LogP contribution is -2.00. The summed E-state index contributed by atoms with van der Waals surface area (Å²) in [5, 5.41) is 1.24. The predicted molar refractivity (Wildman–Crippen MR) is 76.9 cm³/mol. The van der Waals surface area contributed by atoms with E-state index in [1.807, 2.05) is 24.3 Å². The molecule has 0 fully saturated rings. The summed E-state index contributed by atoms with van der Waals surface area (Å²) >= 11 is 1.74. The Labute approximate surface area is 115 Å². The lowest BCUT2D eigenvalue weighted by molar-refractivity contribution is 0.0935. The molecule has 0 aliphatic rings. The Morgan fingerprint density at radius 1 is 1.11 bits per heavy atom. The van der Waals surface area contributed by atoms with Crippen LogP contribution in [0, 0.1) is 0 Å². The topological polar surface area (TPSA) is 48.4 Å². The van der Waals surface area contributed by atoms with Crippen LogP contribution < -0.4 is 5.73 Å². The standard InChI is InChI=1S/C15H15NO2S/c16-8-15-13(10-17-9-11-4-3-7-18-11)12-5-1-2-6-14(12)19-15/h1-7H,8-10,16H2. The SMILES string of the molecule is NCc1sc2ccccc2c1COCc1ccco1. The van der Waals surface area contributed by atoms with Crippen LogP contribution in [0.4, 0.5) is 0 Å². The number of thiophene rings is 1. The minimum absolute atomic E-state index is 0.487. The van der Waals surface area contributed by atoms with Gasteiger partial charge in [-0.2, -0.15) is 0 Å². The van der Waals surface area contributed by atoms with Crippen LogP contribution in [0.2, 0.25) is 0 Å². The summed E-state index contributed by atoms with van der Waals surface area (Å²) in [6.45, 7) is 1.61. The molecule has 0 radical (unpaired) electrons. The molecular formula is C15H15NO2S. The third-order valence-electron chi connectivity index (χ3n) is 3.04. The van der Waals surface area contributed by atoms with E-state index < -0.39 is 0 Å². The van der Waals surface area contributed by atoms with Crippen LogP contribution in [0.1, 0.15) is 16.2 Å². The van der Waals surface area contributed by atoms with E-state index in [0.29, 0.717) is 19.8 Å². The van der Waals surface area contributed by atoms with Crippen LogP contribution in [0.15, 0.2) is 47.1 Å². The van der Waals surface area contributed by atoms with Gasteiger partial charge in [-0.3, -0.25) is 0 Å². The summed E-state index contributed by atoms with van der Waals surface area (Å²) in [6, 6.07) is 12.1. The first-order valence-corrected chi connectivity index (χ1v) is 6.99. The van der Waals surface area contributed by atoms with E-state index in [1.165, 1.54) is 20.5 Å².